The van der Waals surface area contributed by atoms with Crippen molar-refractivity contribution in [1.82, 2.24) is 20.4 Å². The number of nitrogens with one attached hydrogen (secondary N) is 2. The van der Waals surface area contributed by atoms with Crippen molar-refractivity contribution in [3.8, 4) is 0 Å². The molecule has 0 spiro atoms. The fourth-order valence-corrected chi connectivity index (χ4v) is 6.48. The maximum atomic E-state index is 12.9. The minimum atomic E-state index is -0.352. The second kappa shape index (κ2) is 27.8. The first-order chi connectivity index (χ1) is 21.3. The van der Waals surface area contributed by atoms with Gasteiger partial charge in [-0.15, -0.1) is 0 Å². The van der Waals surface area contributed by atoms with Gasteiger partial charge in [0.15, 0.2) is 0 Å². The molecule has 7 nitrogen and oxygen atoms in total. The van der Waals surface area contributed by atoms with Crippen molar-refractivity contribution < 1.29 is 14.3 Å². The number of unbranched alkanes of at least 4 members (excludes halogenated alkanes) is 15. The maximum absolute atomic E-state index is 12.9. The zero-order valence-corrected chi connectivity index (χ0v) is 29.9. The normalized spacial score (nSPS) is 15.4. The lowest BCUT2D eigenvalue weighted by Gasteiger charge is -2.35. The molecule has 1 aliphatic heterocycles. The minimum absolute atomic E-state index is 0.0514. The van der Waals surface area contributed by atoms with Crippen molar-refractivity contribution in [1.29, 1.82) is 0 Å². The van der Waals surface area contributed by atoms with Crippen LogP contribution in [0, 0.1) is 11.8 Å². The Labute approximate surface area is 273 Å². The molecule has 1 aliphatic rings. The van der Waals surface area contributed by atoms with Gasteiger partial charge in [0, 0.05) is 51.7 Å². The Balaban J connectivity index is 2.07. The summed E-state index contributed by atoms with van der Waals surface area (Å²) in [5.41, 5.74) is 0. The molecule has 0 aliphatic carbocycles. The molecular formula is C37H74N4O3. The fraction of sp³-hybridized carbons (Fsp3) is 0.946. The summed E-state index contributed by atoms with van der Waals surface area (Å²) in [7, 11) is 0. The lowest BCUT2D eigenvalue weighted by Crippen LogP contribution is -2.49. The van der Waals surface area contributed by atoms with Gasteiger partial charge in [-0.1, -0.05) is 131 Å². The highest BCUT2D eigenvalue weighted by Gasteiger charge is 2.26. The van der Waals surface area contributed by atoms with Gasteiger partial charge in [0.2, 0.25) is 0 Å². The Kier molecular flexibility index (Phi) is 25.6. The van der Waals surface area contributed by atoms with Crippen LogP contribution in [0.15, 0.2) is 0 Å². The van der Waals surface area contributed by atoms with E-state index in [2.05, 4.69) is 50.2 Å². The van der Waals surface area contributed by atoms with Gasteiger partial charge in [0.05, 0.1) is 6.61 Å². The Morgan fingerprint density at radius 1 is 0.727 bits per heavy atom. The summed E-state index contributed by atoms with van der Waals surface area (Å²) in [4.78, 5) is 29.6. The number of alkyl carbamates (subject to hydrolysis) is 1. The molecule has 0 aromatic heterocycles. The Morgan fingerprint density at radius 3 is 1.77 bits per heavy atom. The molecule has 7 heteroatoms. The quantitative estimate of drug-likeness (QED) is 0.0895. The second-order valence-corrected chi connectivity index (χ2v) is 14.3. The van der Waals surface area contributed by atoms with E-state index >= 15 is 0 Å². The number of hydrogen-bond donors (Lipinski definition) is 2. The van der Waals surface area contributed by atoms with Gasteiger partial charge < -0.3 is 25.2 Å². The highest BCUT2D eigenvalue weighted by atomic mass is 16.5. The number of hydrogen-bond acceptors (Lipinski definition) is 4. The number of ether oxygens (including phenoxy) is 1. The van der Waals surface area contributed by atoms with E-state index in [4.69, 9.17) is 4.74 Å². The summed E-state index contributed by atoms with van der Waals surface area (Å²) in [5, 5.41) is 6.07. The van der Waals surface area contributed by atoms with E-state index in [1.165, 1.54) is 96.3 Å². The van der Waals surface area contributed by atoms with Crippen LogP contribution in [0.4, 0.5) is 9.59 Å². The molecule has 1 fully saturated rings. The molecule has 1 unspecified atom stereocenters. The fourth-order valence-electron chi connectivity index (χ4n) is 6.48. The molecule has 0 aromatic carbocycles. The number of piperidine rings is 1. The van der Waals surface area contributed by atoms with E-state index in [0.29, 0.717) is 31.4 Å². The van der Waals surface area contributed by atoms with Crippen molar-refractivity contribution >= 4 is 12.1 Å². The van der Waals surface area contributed by atoms with Gasteiger partial charge in [0.1, 0.15) is 0 Å². The predicted molar refractivity (Wildman–Crippen MR) is 187 cm³/mol. The summed E-state index contributed by atoms with van der Waals surface area (Å²) in [6, 6.07) is 0.199. The van der Waals surface area contributed by atoms with Gasteiger partial charge in [-0.05, 0) is 37.5 Å². The van der Waals surface area contributed by atoms with Gasteiger partial charge in [-0.3, -0.25) is 0 Å². The molecule has 260 valence electrons. The topological polar surface area (TPSA) is 73.9 Å². The van der Waals surface area contributed by atoms with E-state index in [1.54, 1.807) is 0 Å². The van der Waals surface area contributed by atoms with Crippen LogP contribution in [0.5, 0.6) is 0 Å². The van der Waals surface area contributed by atoms with Crippen molar-refractivity contribution in [2.75, 3.05) is 45.9 Å². The zero-order valence-electron chi connectivity index (χ0n) is 29.9. The van der Waals surface area contributed by atoms with Crippen LogP contribution in [0.25, 0.3) is 0 Å². The maximum Gasteiger partial charge on any atom is 0.407 e. The summed E-state index contributed by atoms with van der Waals surface area (Å²) >= 11 is 0. The first-order valence-corrected chi connectivity index (χ1v) is 19.0. The summed E-state index contributed by atoms with van der Waals surface area (Å²) in [6.07, 6.45) is 25.2. The zero-order chi connectivity index (χ0) is 32.3. The second-order valence-electron chi connectivity index (χ2n) is 14.3. The molecule has 3 amide bonds. The Morgan fingerprint density at radius 2 is 1.25 bits per heavy atom. The average molecular weight is 623 g/mol. The van der Waals surface area contributed by atoms with Crippen molar-refractivity contribution in [2.24, 2.45) is 11.8 Å². The van der Waals surface area contributed by atoms with E-state index in [0.717, 1.165) is 58.4 Å². The monoisotopic (exact) mass is 623 g/mol. The predicted octanol–water partition coefficient (Wildman–Crippen LogP) is 9.54. The molecule has 1 rings (SSSR count). The largest absolute Gasteiger partial charge is 0.449 e. The van der Waals surface area contributed by atoms with E-state index in [1.807, 2.05) is 4.90 Å². The van der Waals surface area contributed by atoms with Crippen LogP contribution in [0.3, 0.4) is 0 Å². The van der Waals surface area contributed by atoms with Gasteiger partial charge >= 0.3 is 12.1 Å². The molecule has 0 saturated carbocycles. The third-order valence-corrected chi connectivity index (χ3v) is 8.82. The lowest BCUT2D eigenvalue weighted by atomic mass is 10.00. The highest BCUT2D eigenvalue weighted by Crippen LogP contribution is 2.20. The molecule has 44 heavy (non-hydrogen) atoms. The van der Waals surface area contributed by atoms with Gasteiger partial charge in [-0.25, -0.2) is 9.59 Å². The smallest absolute Gasteiger partial charge is 0.407 e. The van der Waals surface area contributed by atoms with E-state index in [9.17, 15) is 9.59 Å². The Hall–Kier alpha value is -1.50. The Bertz CT molecular complexity index is 678. The minimum Gasteiger partial charge on any atom is -0.449 e. The number of amides is 3. The molecule has 0 radical (unpaired) electrons. The molecule has 1 heterocycles. The number of likely N-dealkylation sites (tertiary alicyclic amines) is 1. The number of carbonyl (C=O) groups excluding carboxylic acids is 2. The van der Waals surface area contributed by atoms with Gasteiger partial charge in [0.25, 0.3) is 0 Å². The first kappa shape index (κ1) is 40.5. The van der Waals surface area contributed by atoms with Crippen LogP contribution in [-0.2, 0) is 4.74 Å². The molecule has 0 aromatic rings. The van der Waals surface area contributed by atoms with Crippen LogP contribution in [0.1, 0.15) is 163 Å². The van der Waals surface area contributed by atoms with Crippen LogP contribution in [-0.4, -0.2) is 73.8 Å². The molecule has 1 atom stereocenters. The molecule has 2 N–H and O–H groups in total. The number of rotatable bonds is 27. The van der Waals surface area contributed by atoms with Gasteiger partial charge in [-0.2, -0.15) is 0 Å². The van der Waals surface area contributed by atoms with Crippen molar-refractivity contribution in [2.45, 2.75) is 169 Å². The van der Waals surface area contributed by atoms with Crippen molar-refractivity contribution in [3.05, 3.63) is 0 Å². The summed E-state index contributed by atoms with van der Waals surface area (Å²) in [5.74, 6) is 1.20. The SMILES string of the molecule is CCCCCCCCCCCCCCCCCCNC(=O)N1CCCCC1CCOC(=O)NCCN(CC(C)C)CC(C)C. The molecular weight excluding hydrogens is 548 g/mol. The number of carbonyl (C=O) groups is 2. The third kappa shape index (κ3) is 22.9. The van der Waals surface area contributed by atoms with Crippen LogP contribution < -0.4 is 10.6 Å². The standard InChI is InChI=1S/C37H74N4O3/c1-6-7-8-9-10-11-12-13-14-15-16-17-18-19-20-22-26-38-36(42)41-28-23-21-24-35(41)25-30-44-37(43)39-27-29-40(31-33(2)3)32-34(4)5/h33-35H,6-32H2,1-5H3,(H,38,42)(H,39,43). The van der Waals surface area contributed by atoms with Crippen LogP contribution in [0.2, 0.25) is 0 Å². The lowest BCUT2D eigenvalue weighted by molar-refractivity contribution is 0.111. The average Bonchev–Trinajstić information content (AvgIpc) is 2.98. The number of urea groups is 1. The third-order valence-electron chi connectivity index (χ3n) is 8.82. The van der Waals surface area contributed by atoms with Crippen molar-refractivity contribution in [3.63, 3.8) is 0 Å². The summed E-state index contributed by atoms with van der Waals surface area (Å²) in [6.45, 7) is 16.6. The first-order valence-electron chi connectivity index (χ1n) is 19.0. The van der Waals surface area contributed by atoms with E-state index < -0.39 is 0 Å². The molecule has 1 saturated heterocycles. The highest BCUT2D eigenvalue weighted by molar-refractivity contribution is 5.74. The van der Waals surface area contributed by atoms with E-state index in [-0.39, 0.29) is 18.2 Å². The summed E-state index contributed by atoms with van der Waals surface area (Å²) < 4.78 is 5.49. The number of nitrogens with zero attached hydrogens (tertiary/aromatic N) is 2. The molecule has 0 bridgehead atoms. The van der Waals surface area contributed by atoms with Crippen LogP contribution >= 0.6 is 0 Å².